The summed E-state index contributed by atoms with van der Waals surface area (Å²) in [4.78, 5) is 19.6. The number of benzene rings is 2. The van der Waals surface area contributed by atoms with Gasteiger partial charge in [-0.1, -0.05) is 24.3 Å². The summed E-state index contributed by atoms with van der Waals surface area (Å²) in [5.41, 5.74) is 8.22. The lowest BCUT2D eigenvalue weighted by atomic mass is 10.0. The van der Waals surface area contributed by atoms with Crippen LogP contribution in [0.1, 0.15) is 10.6 Å². The standard InChI is InChI=1S/C16H13N3O2/c1-21-16(20)15-18-8-7-14(19-15)11-6-5-10-3-2-4-13(17)12(10)9-11/h2-9H,17H2,1H3. The van der Waals surface area contributed by atoms with Gasteiger partial charge in [-0.15, -0.1) is 0 Å². The average Bonchev–Trinajstić information content (AvgIpc) is 2.54. The van der Waals surface area contributed by atoms with E-state index in [0.717, 1.165) is 16.3 Å². The molecule has 0 unspecified atom stereocenters. The van der Waals surface area contributed by atoms with E-state index in [1.165, 1.54) is 13.3 Å². The van der Waals surface area contributed by atoms with Crippen molar-refractivity contribution in [2.45, 2.75) is 0 Å². The second-order valence-corrected chi connectivity index (χ2v) is 4.54. The molecule has 0 amide bonds. The number of nitrogens with two attached hydrogens (primary N) is 1. The molecule has 0 atom stereocenters. The average molecular weight is 279 g/mol. The molecule has 21 heavy (non-hydrogen) atoms. The van der Waals surface area contributed by atoms with Crippen LogP contribution in [0.4, 0.5) is 5.69 Å². The van der Waals surface area contributed by atoms with Gasteiger partial charge in [0.25, 0.3) is 0 Å². The zero-order valence-electron chi connectivity index (χ0n) is 11.4. The molecule has 0 aliphatic heterocycles. The van der Waals surface area contributed by atoms with Crippen molar-refractivity contribution in [3.63, 3.8) is 0 Å². The van der Waals surface area contributed by atoms with Crippen LogP contribution in [0.5, 0.6) is 0 Å². The Kier molecular flexibility index (Phi) is 3.23. The van der Waals surface area contributed by atoms with Gasteiger partial charge in [0.05, 0.1) is 12.8 Å². The highest BCUT2D eigenvalue weighted by Crippen LogP contribution is 2.26. The molecule has 0 radical (unpaired) electrons. The van der Waals surface area contributed by atoms with Crippen LogP contribution in [-0.4, -0.2) is 23.0 Å². The molecule has 2 aromatic carbocycles. The topological polar surface area (TPSA) is 78.1 Å². The molecule has 1 aromatic heterocycles. The van der Waals surface area contributed by atoms with Gasteiger partial charge in [0.2, 0.25) is 5.82 Å². The van der Waals surface area contributed by atoms with Gasteiger partial charge in [-0.05, 0) is 23.6 Å². The van der Waals surface area contributed by atoms with Crippen LogP contribution in [0.2, 0.25) is 0 Å². The number of ether oxygens (including phenoxy) is 1. The molecule has 0 aliphatic rings. The minimum Gasteiger partial charge on any atom is -0.463 e. The summed E-state index contributed by atoms with van der Waals surface area (Å²) in [7, 11) is 1.30. The third kappa shape index (κ3) is 2.41. The first kappa shape index (κ1) is 13.1. The van der Waals surface area contributed by atoms with Crippen molar-refractivity contribution in [1.29, 1.82) is 0 Å². The Morgan fingerprint density at radius 3 is 2.86 bits per heavy atom. The number of carbonyl (C=O) groups excluding carboxylic acids is 1. The Morgan fingerprint density at radius 1 is 1.19 bits per heavy atom. The normalized spacial score (nSPS) is 10.5. The van der Waals surface area contributed by atoms with Gasteiger partial charge < -0.3 is 10.5 Å². The van der Waals surface area contributed by atoms with Crippen molar-refractivity contribution in [3.8, 4) is 11.3 Å². The molecule has 0 bridgehead atoms. The lowest BCUT2D eigenvalue weighted by Gasteiger charge is -2.06. The van der Waals surface area contributed by atoms with Gasteiger partial charge in [0, 0.05) is 22.8 Å². The predicted molar refractivity (Wildman–Crippen MR) is 80.7 cm³/mol. The fourth-order valence-corrected chi connectivity index (χ4v) is 2.17. The van der Waals surface area contributed by atoms with Crippen LogP contribution >= 0.6 is 0 Å². The van der Waals surface area contributed by atoms with Gasteiger partial charge in [0.15, 0.2) is 0 Å². The Bertz CT molecular complexity index is 831. The number of rotatable bonds is 2. The number of carbonyl (C=O) groups is 1. The summed E-state index contributed by atoms with van der Waals surface area (Å²) in [6.07, 6.45) is 1.53. The quantitative estimate of drug-likeness (QED) is 0.576. The van der Waals surface area contributed by atoms with E-state index in [-0.39, 0.29) is 5.82 Å². The number of nitrogen functional groups attached to an aromatic ring is 1. The van der Waals surface area contributed by atoms with Crippen molar-refractivity contribution in [2.75, 3.05) is 12.8 Å². The fourth-order valence-electron chi connectivity index (χ4n) is 2.17. The molecule has 3 aromatic rings. The summed E-state index contributed by atoms with van der Waals surface area (Å²) in [5, 5.41) is 2.01. The first-order valence-electron chi connectivity index (χ1n) is 6.39. The smallest absolute Gasteiger partial charge is 0.376 e. The highest BCUT2D eigenvalue weighted by molar-refractivity contribution is 5.95. The molecule has 5 heteroatoms. The molecule has 1 heterocycles. The SMILES string of the molecule is COC(=O)c1nccc(-c2ccc3cccc(N)c3c2)n1. The highest BCUT2D eigenvalue weighted by Gasteiger charge is 2.11. The number of methoxy groups -OCH3 is 1. The van der Waals surface area contributed by atoms with Crippen LogP contribution in [-0.2, 0) is 4.74 Å². The fraction of sp³-hybridized carbons (Fsp3) is 0.0625. The first-order valence-corrected chi connectivity index (χ1v) is 6.39. The summed E-state index contributed by atoms with van der Waals surface area (Å²) in [6, 6.07) is 13.4. The largest absolute Gasteiger partial charge is 0.463 e. The molecule has 5 nitrogen and oxygen atoms in total. The minimum absolute atomic E-state index is 0.0381. The summed E-state index contributed by atoms with van der Waals surface area (Å²) < 4.78 is 4.63. The Morgan fingerprint density at radius 2 is 2.05 bits per heavy atom. The molecular formula is C16H13N3O2. The van der Waals surface area contributed by atoms with E-state index in [9.17, 15) is 4.79 Å². The van der Waals surface area contributed by atoms with Crippen LogP contribution in [0.25, 0.3) is 22.0 Å². The Balaban J connectivity index is 2.12. The van der Waals surface area contributed by atoms with E-state index < -0.39 is 5.97 Å². The van der Waals surface area contributed by atoms with Crippen molar-refractivity contribution in [3.05, 3.63) is 54.5 Å². The first-order chi connectivity index (χ1) is 10.2. The van der Waals surface area contributed by atoms with Gasteiger partial charge in [-0.2, -0.15) is 0 Å². The number of esters is 1. The van der Waals surface area contributed by atoms with Crippen LogP contribution < -0.4 is 5.73 Å². The maximum Gasteiger partial charge on any atom is 0.376 e. The molecule has 104 valence electrons. The number of fused-ring (bicyclic) bond motifs is 1. The van der Waals surface area contributed by atoms with Gasteiger partial charge in [-0.3, -0.25) is 0 Å². The summed E-state index contributed by atoms with van der Waals surface area (Å²) in [5.74, 6) is -0.520. The summed E-state index contributed by atoms with van der Waals surface area (Å²) in [6.45, 7) is 0. The van der Waals surface area contributed by atoms with E-state index in [1.807, 2.05) is 36.4 Å². The van der Waals surface area contributed by atoms with Crippen molar-refractivity contribution in [2.24, 2.45) is 0 Å². The molecule has 0 spiro atoms. The van der Waals surface area contributed by atoms with E-state index in [1.54, 1.807) is 6.07 Å². The van der Waals surface area contributed by atoms with Crippen LogP contribution in [0, 0.1) is 0 Å². The zero-order valence-corrected chi connectivity index (χ0v) is 11.4. The highest BCUT2D eigenvalue weighted by atomic mass is 16.5. The number of aromatic nitrogens is 2. The zero-order chi connectivity index (χ0) is 14.8. The van der Waals surface area contributed by atoms with Gasteiger partial charge in [-0.25, -0.2) is 14.8 Å². The number of hydrogen-bond donors (Lipinski definition) is 1. The maximum atomic E-state index is 11.5. The molecule has 0 aliphatic carbocycles. The maximum absolute atomic E-state index is 11.5. The Labute approximate surface area is 121 Å². The molecule has 0 saturated heterocycles. The summed E-state index contributed by atoms with van der Waals surface area (Å²) >= 11 is 0. The van der Waals surface area contributed by atoms with Crippen molar-refractivity contribution >= 4 is 22.4 Å². The minimum atomic E-state index is -0.558. The van der Waals surface area contributed by atoms with Crippen LogP contribution in [0.3, 0.4) is 0 Å². The van der Waals surface area contributed by atoms with E-state index in [0.29, 0.717) is 11.4 Å². The second-order valence-electron chi connectivity index (χ2n) is 4.54. The Hall–Kier alpha value is -2.95. The molecule has 2 N–H and O–H groups in total. The number of anilines is 1. The molecule has 3 rings (SSSR count). The van der Waals surface area contributed by atoms with Crippen LogP contribution in [0.15, 0.2) is 48.7 Å². The monoisotopic (exact) mass is 279 g/mol. The van der Waals surface area contributed by atoms with E-state index in [2.05, 4.69) is 14.7 Å². The predicted octanol–water partition coefficient (Wildman–Crippen LogP) is 2.67. The number of hydrogen-bond acceptors (Lipinski definition) is 5. The van der Waals surface area contributed by atoms with Crippen molar-refractivity contribution in [1.82, 2.24) is 9.97 Å². The molecule has 0 saturated carbocycles. The molecule has 0 fully saturated rings. The third-order valence-electron chi connectivity index (χ3n) is 3.24. The van der Waals surface area contributed by atoms with Gasteiger partial charge >= 0.3 is 5.97 Å². The lowest BCUT2D eigenvalue weighted by Crippen LogP contribution is -2.07. The van der Waals surface area contributed by atoms with Crippen molar-refractivity contribution < 1.29 is 9.53 Å². The second kappa shape index (κ2) is 5.20. The number of nitrogens with zero attached hydrogens (tertiary/aromatic N) is 2. The van der Waals surface area contributed by atoms with Gasteiger partial charge in [0.1, 0.15) is 0 Å². The molecular weight excluding hydrogens is 266 g/mol. The van der Waals surface area contributed by atoms with E-state index in [4.69, 9.17) is 5.73 Å². The van der Waals surface area contributed by atoms with E-state index >= 15 is 0 Å². The lowest BCUT2D eigenvalue weighted by molar-refractivity contribution is 0.0587. The third-order valence-corrected chi connectivity index (χ3v) is 3.24.